The minimum absolute atomic E-state index is 0.0491. The molecule has 1 atom stereocenters. The molecule has 0 spiro atoms. The number of ether oxygens (including phenoxy) is 1. The summed E-state index contributed by atoms with van der Waals surface area (Å²) >= 11 is 0. The average molecular weight is 320 g/mol. The number of rotatable bonds is 9. The van der Waals surface area contributed by atoms with Crippen molar-refractivity contribution < 1.29 is 14.3 Å². The van der Waals surface area contributed by atoms with Gasteiger partial charge in [0, 0.05) is 5.69 Å². The maximum absolute atomic E-state index is 12.2. The molecule has 23 heavy (non-hydrogen) atoms. The van der Waals surface area contributed by atoms with Crippen molar-refractivity contribution >= 4 is 17.6 Å². The van der Waals surface area contributed by atoms with Crippen molar-refractivity contribution in [2.75, 3.05) is 25.0 Å². The van der Waals surface area contributed by atoms with Crippen molar-refractivity contribution in [3.05, 3.63) is 29.8 Å². The Kier molecular flexibility index (Phi) is 8.33. The van der Waals surface area contributed by atoms with E-state index in [1.807, 2.05) is 27.7 Å². The van der Waals surface area contributed by atoms with Crippen LogP contribution in [0.2, 0.25) is 0 Å². The number of anilines is 1. The summed E-state index contributed by atoms with van der Waals surface area (Å²) in [6, 6.07) is 6.61. The van der Waals surface area contributed by atoms with Crippen LogP contribution in [0.5, 0.6) is 0 Å². The highest BCUT2D eigenvalue weighted by molar-refractivity contribution is 5.95. The van der Waals surface area contributed by atoms with E-state index in [0.717, 1.165) is 25.9 Å². The fourth-order valence-corrected chi connectivity index (χ4v) is 2.27. The third-order valence-electron chi connectivity index (χ3n) is 3.86. The Morgan fingerprint density at radius 3 is 2.26 bits per heavy atom. The van der Waals surface area contributed by atoms with Crippen LogP contribution >= 0.6 is 0 Å². The molecule has 0 aliphatic rings. The lowest BCUT2D eigenvalue weighted by molar-refractivity contribution is -0.120. The first kappa shape index (κ1) is 19.2. The fourth-order valence-electron chi connectivity index (χ4n) is 2.27. The number of esters is 1. The molecular weight excluding hydrogens is 292 g/mol. The number of nitrogens with zero attached hydrogens (tertiary/aromatic N) is 1. The summed E-state index contributed by atoms with van der Waals surface area (Å²) in [4.78, 5) is 26.1. The molecule has 5 heteroatoms. The Labute approximate surface area is 139 Å². The standard InChI is InChI=1S/C18H28N2O3/c1-5-8-13-23-18(22)15-9-11-16(12-10-15)19-17(21)14(4)20(6-2)7-3/h9-12,14H,5-8,13H2,1-4H3,(H,19,21)/t14-/m1/s1. The molecule has 1 amide bonds. The van der Waals surface area contributed by atoms with E-state index in [2.05, 4.69) is 10.2 Å². The molecule has 0 unspecified atom stereocenters. The zero-order chi connectivity index (χ0) is 17.2. The number of benzene rings is 1. The molecule has 1 rings (SSSR count). The zero-order valence-corrected chi connectivity index (χ0v) is 14.6. The normalized spacial score (nSPS) is 12.0. The lowest BCUT2D eigenvalue weighted by Crippen LogP contribution is -2.41. The van der Waals surface area contributed by atoms with Crippen LogP contribution < -0.4 is 5.32 Å². The summed E-state index contributed by atoms with van der Waals surface area (Å²) < 4.78 is 5.16. The van der Waals surface area contributed by atoms with Gasteiger partial charge >= 0.3 is 5.97 Å². The summed E-state index contributed by atoms with van der Waals surface area (Å²) in [6.07, 6.45) is 1.85. The number of carbonyl (C=O) groups excluding carboxylic acids is 2. The quantitative estimate of drug-likeness (QED) is 0.560. The number of nitrogens with one attached hydrogen (secondary N) is 1. The van der Waals surface area contributed by atoms with Crippen molar-refractivity contribution in [1.29, 1.82) is 0 Å². The van der Waals surface area contributed by atoms with Crippen LogP contribution in [-0.2, 0) is 9.53 Å². The van der Waals surface area contributed by atoms with Crippen LogP contribution in [0.15, 0.2) is 24.3 Å². The van der Waals surface area contributed by atoms with Crippen molar-refractivity contribution in [2.24, 2.45) is 0 Å². The molecular formula is C18H28N2O3. The van der Waals surface area contributed by atoms with Crippen LogP contribution in [0.1, 0.15) is 50.9 Å². The molecule has 0 saturated carbocycles. The predicted molar refractivity (Wildman–Crippen MR) is 92.6 cm³/mol. The molecule has 1 N–H and O–H groups in total. The molecule has 5 nitrogen and oxygen atoms in total. The molecule has 0 aromatic heterocycles. The topological polar surface area (TPSA) is 58.6 Å². The number of unbranched alkanes of at least 4 members (excludes halogenated alkanes) is 1. The van der Waals surface area contributed by atoms with Gasteiger partial charge in [0.25, 0.3) is 0 Å². The van der Waals surface area contributed by atoms with E-state index in [9.17, 15) is 9.59 Å². The minimum atomic E-state index is -0.326. The highest BCUT2D eigenvalue weighted by Crippen LogP contribution is 2.12. The first-order valence-corrected chi connectivity index (χ1v) is 8.35. The molecule has 0 bridgehead atoms. The Bertz CT molecular complexity index is 495. The second kappa shape index (κ2) is 10.0. The zero-order valence-electron chi connectivity index (χ0n) is 14.6. The van der Waals surface area contributed by atoms with Gasteiger partial charge in [-0.15, -0.1) is 0 Å². The molecule has 0 saturated heterocycles. The van der Waals surface area contributed by atoms with Crippen molar-refractivity contribution in [3.8, 4) is 0 Å². The molecule has 0 aliphatic heterocycles. The monoisotopic (exact) mass is 320 g/mol. The lowest BCUT2D eigenvalue weighted by atomic mass is 10.2. The second-order valence-corrected chi connectivity index (χ2v) is 5.45. The molecule has 1 aromatic carbocycles. The van der Waals surface area contributed by atoms with Crippen LogP contribution in [-0.4, -0.2) is 42.5 Å². The van der Waals surface area contributed by atoms with Gasteiger partial charge in [0.15, 0.2) is 0 Å². The van der Waals surface area contributed by atoms with Gasteiger partial charge < -0.3 is 10.1 Å². The first-order valence-electron chi connectivity index (χ1n) is 8.35. The predicted octanol–water partition coefficient (Wildman–Crippen LogP) is 3.31. The Morgan fingerprint density at radius 1 is 1.13 bits per heavy atom. The maximum atomic E-state index is 12.2. The summed E-state index contributed by atoms with van der Waals surface area (Å²) in [5.74, 6) is -0.375. The molecule has 0 heterocycles. The van der Waals surface area contributed by atoms with Gasteiger partial charge in [0.05, 0.1) is 18.2 Å². The third kappa shape index (κ3) is 6.02. The smallest absolute Gasteiger partial charge is 0.338 e. The molecule has 1 aromatic rings. The minimum Gasteiger partial charge on any atom is -0.462 e. The molecule has 0 aliphatic carbocycles. The SMILES string of the molecule is CCCCOC(=O)c1ccc(NC(=O)[C@@H](C)N(CC)CC)cc1. The Hall–Kier alpha value is -1.88. The van der Waals surface area contributed by atoms with Crippen molar-refractivity contribution in [1.82, 2.24) is 4.90 Å². The van der Waals surface area contributed by atoms with Gasteiger partial charge in [-0.3, -0.25) is 9.69 Å². The van der Waals surface area contributed by atoms with E-state index in [-0.39, 0.29) is 17.9 Å². The van der Waals surface area contributed by atoms with E-state index in [0.29, 0.717) is 17.9 Å². The summed E-state index contributed by atoms with van der Waals surface area (Å²) in [6.45, 7) is 10.1. The van der Waals surface area contributed by atoms with Gasteiger partial charge in [-0.1, -0.05) is 27.2 Å². The Morgan fingerprint density at radius 2 is 1.74 bits per heavy atom. The van der Waals surface area contributed by atoms with Crippen molar-refractivity contribution in [3.63, 3.8) is 0 Å². The number of carbonyl (C=O) groups is 2. The van der Waals surface area contributed by atoms with Gasteiger partial charge in [0.2, 0.25) is 5.91 Å². The lowest BCUT2D eigenvalue weighted by Gasteiger charge is -2.25. The average Bonchev–Trinajstić information content (AvgIpc) is 2.56. The molecule has 0 radical (unpaired) electrons. The number of hydrogen-bond acceptors (Lipinski definition) is 4. The van der Waals surface area contributed by atoms with Gasteiger partial charge in [-0.05, 0) is 50.7 Å². The largest absolute Gasteiger partial charge is 0.462 e. The van der Waals surface area contributed by atoms with Gasteiger partial charge in [0.1, 0.15) is 0 Å². The van der Waals surface area contributed by atoms with E-state index < -0.39 is 0 Å². The molecule has 0 fully saturated rings. The van der Waals surface area contributed by atoms with E-state index in [1.165, 1.54) is 0 Å². The van der Waals surface area contributed by atoms with Crippen LogP contribution in [0.4, 0.5) is 5.69 Å². The van der Waals surface area contributed by atoms with Crippen molar-refractivity contribution in [2.45, 2.75) is 46.6 Å². The van der Waals surface area contributed by atoms with Gasteiger partial charge in [-0.25, -0.2) is 4.79 Å². The third-order valence-corrected chi connectivity index (χ3v) is 3.86. The summed E-state index contributed by atoms with van der Waals surface area (Å²) in [5, 5.41) is 2.88. The Balaban J connectivity index is 2.59. The van der Waals surface area contributed by atoms with Crippen LogP contribution in [0.3, 0.4) is 0 Å². The van der Waals surface area contributed by atoms with E-state index >= 15 is 0 Å². The van der Waals surface area contributed by atoms with Gasteiger partial charge in [-0.2, -0.15) is 0 Å². The van der Waals surface area contributed by atoms with E-state index in [4.69, 9.17) is 4.74 Å². The highest BCUT2D eigenvalue weighted by Gasteiger charge is 2.18. The second-order valence-electron chi connectivity index (χ2n) is 5.45. The summed E-state index contributed by atoms with van der Waals surface area (Å²) in [5.41, 5.74) is 1.18. The maximum Gasteiger partial charge on any atom is 0.338 e. The number of hydrogen-bond donors (Lipinski definition) is 1. The fraction of sp³-hybridized carbons (Fsp3) is 0.556. The van der Waals surface area contributed by atoms with Crippen LogP contribution in [0.25, 0.3) is 0 Å². The summed E-state index contributed by atoms with van der Waals surface area (Å²) in [7, 11) is 0. The van der Waals surface area contributed by atoms with Crippen LogP contribution in [0, 0.1) is 0 Å². The number of likely N-dealkylation sites (N-methyl/N-ethyl adjacent to an activating group) is 1. The first-order chi connectivity index (χ1) is 11.0. The molecule has 128 valence electrons. The highest BCUT2D eigenvalue weighted by atomic mass is 16.5. The van der Waals surface area contributed by atoms with E-state index in [1.54, 1.807) is 24.3 Å². The number of amides is 1.